The smallest absolute Gasteiger partial charge is 0.409 e. The second kappa shape index (κ2) is 4.83. The summed E-state index contributed by atoms with van der Waals surface area (Å²) in [5.41, 5.74) is -1.02. The number of halogens is 1. The van der Waals surface area contributed by atoms with Crippen molar-refractivity contribution in [1.29, 1.82) is 0 Å². The minimum Gasteiger partial charge on any atom is -0.465 e. The van der Waals surface area contributed by atoms with Crippen molar-refractivity contribution < 1.29 is 23.1 Å². The second-order valence-corrected chi connectivity index (χ2v) is 10.3. The Morgan fingerprint density at radius 2 is 1.95 bits per heavy atom. The fourth-order valence-electron chi connectivity index (χ4n) is 3.03. The van der Waals surface area contributed by atoms with Crippen LogP contribution in [0.15, 0.2) is 0 Å². The van der Waals surface area contributed by atoms with Gasteiger partial charge in [-0.3, -0.25) is 4.90 Å². The molecule has 2 aliphatic rings. The second-order valence-electron chi connectivity index (χ2n) is 6.85. The third-order valence-electron chi connectivity index (χ3n) is 4.81. The van der Waals surface area contributed by atoms with Gasteiger partial charge in [-0.05, 0) is 40.5 Å². The van der Waals surface area contributed by atoms with Crippen molar-refractivity contribution in [1.82, 2.24) is 4.90 Å². The highest BCUT2D eigenvalue weighted by molar-refractivity contribution is 9.09. The molecule has 8 heteroatoms. The average Bonchev–Trinajstić information content (AvgIpc) is 3.08. The standard InChI is InChI=1S/C13H22BrNO5S/c1-11(2,21(18,19)13(8-14)5-6-13)9-7-20-12(3,4)15(9)10(16)17/h9H,5-8H2,1-4H3,(H,16,17). The van der Waals surface area contributed by atoms with Gasteiger partial charge >= 0.3 is 6.09 Å². The first-order valence-electron chi connectivity index (χ1n) is 6.89. The largest absolute Gasteiger partial charge is 0.465 e. The summed E-state index contributed by atoms with van der Waals surface area (Å²) in [6, 6.07) is -0.716. The number of alkyl halides is 1. The third-order valence-corrected chi connectivity index (χ3v) is 9.60. The molecule has 0 aromatic heterocycles. The highest BCUT2D eigenvalue weighted by atomic mass is 79.9. The summed E-state index contributed by atoms with van der Waals surface area (Å²) in [7, 11) is -3.51. The van der Waals surface area contributed by atoms with Crippen LogP contribution in [0.4, 0.5) is 4.79 Å². The van der Waals surface area contributed by atoms with Gasteiger partial charge in [0, 0.05) is 5.33 Å². The number of hydrogen-bond donors (Lipinski definition) is 1. The number of rotatable bonds is 4. The van der Waals surface area contributed by atoms with Crippen LogP contribution in [-0.2, 0) is 14.6 Å². The molecule has 6 nitrogen and oxygen atoms in total. The van der Waals surface area contributed by atoms with Gasteiger partial charge in [0.1, 0.15) is 5.72 Å². The lowest BCUT2D eigenvalue weighted by Gasteiger charge is -2.40. The maximum atomic E-state index is 13.0. The summed E-state index contributed by atoms with van der Waals surface area (Å²) in [4.78, 5) is 12.7. The molecule has 1 unspecified atom stereocenters. The predicted octanol–water partition coefficient (Wildman–Crippen LogP) is 2.22. The Hall–Kier alpha value is -0.340. The third kappa shape index (κ3) is 2.30. The van der Waals surface area contributed by atoms with E-state index in [0.717, 1.165) is 4.90 Å². The maximum Gasteiger partial charge on any atom is 0.409 e. The van der Waals surface area contributed by atoms with Crippen molar-refractivity contribution in [3.63, 3.8) is 0 Å². The summed E-state index contributed by atoms with van der Waals surface area (Å²) in [5, 5.41) is 9.85. The lowest BCUT2D eigenvalue weighted by molar-refractivity contribution is -0.0427. The zero-order valence-corrected chi connectivity index (χ0v) is 15.1. The molecule has 0 bridgehead atoms. The monoisotopic (exact) mass is 383 g/mol. The summed E-state index contributed by atoms with van der Waals surface area (Å²) in [6.45, 7) is 6.58. The zero-order chi connectivity index (χ0) is 16.3. The Bertz CT molecular complexity index is 553. The molecule has 1 saturated heterocycles. The minimum absolute atomic E-state index is 0.0872. The summed E-state index contributed by atoms with van der Waals surface area (Å²) >= 11 is 3.30. The predicted molar refractivity (Wildman–Crippen MR) is 82.4 cm³/mol. The maximum absolute atomic E-state index is 13.0. The molecule has 0 spiro atoms. The van der Waals surface area contributed by atoms with E-state index in [0.29, 0.717) is 18.2 Å². The van der Waals surface area contributed by atoms with Gasteiger partial charge in [-0.1, -0.05) is 15.9 Å². The van der Waals surface area contributed by atoms with Crippen molar-refractivity contribution in [3.05, 3.63) is 0 Å². The molecule has 1 amide bonds. The van der Waals surface area contributed by atoms with E-state index < -0.39 is 37.2 Å². The molecule has 1 saturated carbocycles. The lowest BCUT2D eigenvalue weighted by atomic mass is 10.0. The van der Waals surface area contributed by atoms with Gasteiger partial charge in [0.05, 0.1) is 22.1 Å². The molecule has 1 aliphatic heterocycles. The summed E-state index contributed by atoms with van der Waals surface area (Å²) in [6.07, 6.45) is 0.0803. The van der Waals surface area contributed by atoms with Crippen LogP contribution in [0.2, 0.25) is 0 Å². The van der Waals surface area contributed by atoms with E-state index in [-0.39, 0.29) is 6.61 Å². The van der Waals surface area contributed by atoms with E-state index in [1.54, 1.807) is 27.7 Å². The van der Waals surface area contributed by atoms with Gasteiger partial charge < -0.3 is 9.84 Å². The first kappa shape index (κ1) is 17.0. The van der Waals surface area contributed by atoms with Crippen LogP contribution < -0.4 is 0 Å². The van der Waals surface area contributed by atoms with Crippen LogP contribution >= 0.6 is 15.9 Å². The van der Waals surface area contributed by atoms with Crippen molar-refractivity contribution >= 4 is 31.9 Å². The molecule has 0 aromatic carbocycles. The molecule has 2 fully saturated rings. The first-order chi connectivity index (χ1) is 9.43. The van der Waals surface area contributed by atoms with Gasteiger partial charge in [-0.2, -0.15) is 0 Å². The zero-order valence-electron chi connectivity index (χ0n) is 12.7. The van der Waals surface area contributed by atoms with Crippen LogP contribution in [0.1, 0.15) is 40.5 Å². The van der Waals surface area contributed by atoms with E-state index in [1.165, 1.54) is 0 Å². The molecule has 122 valence electrons. The van der Waals surface area contributed by atoms with Crippen LogP contribution in [0, 0.1) is 0 Å². The molecule has 1 aliphatic carbocycles. The topological polar surface area (TPSA) is 83.9 Å². The van der Waals surface area contributed by atoms with Crippen molar-refractivity contribution in [2.24, 2.45) is 0 Å². The fraction of sp³-hybridized carbons (Fsp3) is 0.923. The van der Waals surface area contributed by atoms with Crippen molar-refractivity contribution in [2.75, 3.05) is 11.9 Å². The normalized spacial score (nSPS) is 27.7. The summed E-state index contributed by atoms with van der Waals surface area (Å²) in [5.74, 6) is 0. The van der Waals surface area contributed by atoms with Gasteiger partial charge in [-0.25, -0.2) is 13.2 Å². The molecular weight excluding hydrogens is 362 g/mol. The van der Waals surface area contributed by atoms with Gasteiger partial charge in [0.15, 0.2) is 9.84 Å². The SMILES string of the molecule is CC1(C)OCC(C(C)(C)S(=O)(=O)C2(CBr)CC2)N1C(=O)O. The number of hydrogen-bond acceptors (Lipinski definition) is 4. The number of sulfone groups is 1. The number of ether oxygens (including phenoxy) is 1. The quantitative estimate of drug-likeness (QED) is 0.752. The van der Waals surface area contributed by atoms with Crippen LogP contribution in [0.3, 0.4) is 0 Å². The van der Waals surface area contributed by atoms with Gasteiger partial charge in [0.25, 0.3) is 0 Å². The highest BCUT2D eigenvalue weighted by Crippen LogP contribution is 2.51. The minimum atomic E-state index is -3.51. The molecule has 1 N–H and O–H groups in total. The number of carbonyl (C=O) groups is 1. The Balaban J connectivity index is 2.42. The number of nitrogens with zero attached hydrogens (tertiary/aromatic N) is 1. The van der Waals surface area contributed by atoms with Gasteiger partial charge in [-0.15, -0.1) is 0 Å². The Kier molecular flexibility index (Phi) is 3.91. The molecule has 1 heterocycles. The Morgan fingerprint density at radius 1 is 1.43 bits per heavy atom. The molecular formula is C13H22BrNO5S. The number of amides is 1. The summed E-state index contributed by atoms with van der Waals surface area (Å²) < 4.78 is 29.6. The number of carboxylic acid groups (broad SMARTS) is 1. The van der Waals surface area contributed by atoms with Crippen LogP contribution in [0.5, 0.6) is 0 Å². The van der Waals surface area contributed by atoms with Crippen LogP contribution in [0.25, 0.3) is 0 Å². The molecule has 1 atom stereocenters. The average molecular weight is 384 g/mol. The van der Waals surface area contributed by atoms with Crippen molar-refractivity contribution in [3.8, 4) is 0 Å². The fourth-order valence-corrected chi connectivity index (χ4v) is 6.92. The van der Waals surface area contributed by atoms with E-state index in [9.17, 15) is 18.3 Å². The van der Waals surface area contributed by atoms with E-state index in [1.807, 2.05) is 0 Å². The molecule has 21 heavy (non-hydrogen) atoms. The van der Waals surface area contributed by atoms with E-state index in [4.69, 9.17) is 4.74 Å². The van der Waals surface area contributed by atoms with Crippen molar-refractivity contribution in [2.45, 2.75) is 61.8 Å². The highest BCUT2D eigenvalue weighted by Gasteiger charge is 2.64. The lowest BCUT2D eigenvalue weighted by Crippen LogP contribution is -2.59. The Morgan fingerprint density at radius 3 is 2.33 bits per heavy atom. The Labute approximate surface area is 133 Å². The van der Waals surface area contributed by atoms with Crippen LogP contribution in [-0.4, -0.2) is 57.7 Å². The van der Waals surface area contributed by atoms with Gasteiger partial charge in [0.2, 0.25) is 0 Å². The van der Waals surface area contributed by atoms with E-state index in [2.05, 4.69) is 15.9 Å². The molecule has 0 radical (unpaired) electrons. The molecule has 2 rings (SSSR count). The first-order valence-corrected chi connectivity index (χ1v) is 9.50. The molecule has 0 aromatic rings. The van der Waals surface area contributed by atoms with E-state index >= 15 is 0 Å².